The van der Waals surface area contributed by atoms with Crippen molar-refractivity contribution in [2.24, 2.45) is 5.73 Å². The first-order chi connectivity index (χ1) is 15.0. The first-order valence-corrected chi connectivity index (χ1v) is 10.2. The second-order valence-electron chi connectivity index (χ2n) is 7.25. The fraction of sp³-hybridized carbons (Fsp3) is 0.261. The van der Waals surface area contributed by atoms with E-state index in [1.54, 1.807) is 18.5 Å². The van der Waals surface area contributed by atoms with Crippen molar-refractivity contribution in [1.82, 2.24) is 14.9 Å². The predicted molar refractivity (Wildman–Crippen MR) is 118 cm³/mol. The minimum Gasteiger partial charge on any atom is -0.352 e. The Morgan fingerprint density at radius 3 is 2.48 bits per heavy atom. The molecule has 4 N–H and O–H groups in total. The number of benzene rings is 2. The molecule has 7 nitrogen and oxygen atoms in total. The van der Waals surface area contributed by atoms with Crippen LogP contribution >= 0.6 is 0 Å². The molecule has 1 unspecified atom stereocenters. The Hall–Kier alpha value is -3.68. The highest BCUT2D eigenvalue weighted by Crippen LogP contribution is 2.28. The van der Waals surface area contributed by atoms with Gasteiger partial charge in [0.2, 0.25) is 5.91 Å². The molecule has 31 heavy (non-hydrogen) atoms. The molecule has 3 rings (SSSR count). The Bertz CT molecular complexity index is 1020. The van der Waals surface area contributed by atoms with Crippen LogP contribution in [0, 0.1) is 5.82 Å². The zero-order valence-electron chi connectivity index (χ0n) is 17.3. The van der Waals surface area contributed by atoms with Crippen molar-refractivity contribution < 1.29 is 14.0 Å². The van der Waals surface area contributed by atoms with Gasteiger partial charge in [0.1, 0.15) is 23.4 Å². The molecule has 1 atom stereocenters. The van der Waals surface area contributed by atoms with Crippen LogP contribution in [0.4, 0.5) is 15.0 Å². The van der Waals surface area contributed by atoms with Gasteiger partial charge in [0.15, 0.2) is 0 Å². The number of nitrogens with zero attached hydrogens (tertiary/aromatic N) is 2. The summed E-state index contributed by atoms with van der Waals surface area (Å²) in [6.07, 6.45) is 3.72. The van der Waals surface area contributed by atoms with Crippen LogP contribution in [0.5, 0.6) is 0 Å². The van der Waals surface area contributed by atoms with Crippen LogP contribution in [0.25, 0.3) is 11.3 Å². The highest BCUT2D eigenvalue weighted by Gasteiger charge is 2.23. The number of hydrogen-bond donors (Lipinski definition) is 3. The van der Waals surface area contributed by atoms with E-state index in [0.29, 0.717) is 30.0 Å². The van der Waals surface area contributed by atoms with E-state index in [4.69, 9.17) is 5.73 Å². The molecule has 3 aromatic rings. The average Bonchev–Trinajstić information content (AvgIpc) is 3.14. The molecule has 1 heterocycles. The summed E-state index contributed by atoms with van der Waals surface area (Å²) < 4.78 is 15.2. The van der Waals surface area contributed by atoms with Gasteiger partial charge >= 0.3 is 6.03 Å². The van der Waals surface area contributed by atoms with E-state index < -0.39 is 12.1 Å². The van der Waals surface area contributed by atoms with Gasteiger partial charge in [-0.2, -0.15) is 0 Å². The molecule has 0 aliphatic rings. The number of carbonyl (C=O) groups is 2. The molecular weight excluding hydrogens is 397 g/mol. The monoisotopic (exact) mass is 423 g/mol. The quantitative estimate of drug-likeness (QED) is 0.486. The summed E-state index contributed by atoms with van der Waals surface area (Å²) in [5.74, 6) is -0.276. The van der Waals surface area contributed by atoms with Gasteiger partial charge in [-0.3, -0.25) is 4.79 Å². The number of unbranched alkanes of at least 4 members (excludes halogenated alkanes) is 1. The maximum atomic E-state index is 13.4. The molecule has 0 bridgehead atoms. The van der Waals surface area contributed by atoms with E-state index in [-0.39, 0.29) is 11.7 Å². The Balaban J connectivity index is 1.94. The highest BCUT2D eigenvalue weighted by molar-refractivity contribution is 5.98. The number of carbonyl (C=O) groups excluding carboxylic acids is 2. The van der Waals surface area contributed by atoms with Gasteiger partial charge in [0.25, 0.3) is 0 Å². The fourth-order valence-corrected chi connectivity index (χ4v) is 3.28. The van der Waals surface area contributed by atoms with Gasteiger partial charge in [-0.1, -0.05) is 50.1 Å². The smallest absolute Gasteiger partial charge is 0.312 e. The lowest BCUT2D eigenvalue weighted by molar-refractivity contribution is -0.118. The third-order valence-electron chi connectivity index (χ3n) is 4.87. The van der Waals surface area contributed by atoms with Crippen LogP contribution < -0.4 is 16.4 Å². The molecule has 0 radical (unpaired) electrons. The second kappa shape index (κ2) is 10.4. The van der Waals surface area contributed by atoms with Crippen molar-refractivity contribution in [3.8, 4) is 11.3 Å². The average molecular weight is 423 g/mol. The predicted octanol–water partition coefficient (Wildman–Crippen LogP) is 3.90. The van der Waals surface area contributed by atoms with E-state index in [1.165, 1.54) is 12.1 Å². The van der Waals surface area contributed by atoms with Gasteiger partial charge < -0.3 is 20.9 Å². The number of aromatic nitrogens is 2. The van der Waals surface area contributed by atoms with E-state index in [2.05, 4.69) is 15.6 Å². The third kappa shape index (κ3) is 5.91. The molecular formula is C23H26FN5O2. The third-order valence-corrected chi connectivity index (χ3v) is 4.87. The van der Waals surface area contributed by atoms with Gasteiger partial charge in [0, 0.05) is 5.56 Å². The number of halogens is 1. The van der Waals surface area contributed by atoms with Crippen LogP contribution in [0.15, 0.2) is 60.9 Å². The van der Waals surface area contributed by atoms with Gasteiger partial charge in [0.05, 0.1) is 12.9 Å². The van der Waals surface area contributed by atoms with Crippen molar-refractivity contribution in [3.05, 3.63) is 72.3 Å². The molecule has 0 saturated carbocycles. The Morgan fingerprint density at radius 1 is 1.13 bits per heavy atom. The summed E-state index contributed by atoms with van der Waals surface area (Å²) >= 11 is 0. The molecule has 1 aromatic heterocycles. The van der Waals surface area contributed by atoms with Crippen molar-refractivity contribution in [3.63, 3.8) is 0 Å². The topological polar surface area (TPSA) is 102 Å². The summed E-state index contributed by atoms with van der Waals surface area (Å²) in [6, 6.07) is 14.1. The first-order valence-electron chi connectivity index (χ1n) is 10.2. The van der Waals surface area contributed by atoms with Crippen LogP contribution in [-0.4, -0.2) is 27.5 Å². The molecule has 162 valence electrons. The minimum absolute atomic E-state index is 0.358. The summed E-state index contributed by atoms with van der Waals surface area (Å²) in [6.45, 7) is 2.48. The van der Waals surface area contributed by atoms with Crippen molar-refractivity contribution in [2.75, 3.05) is 5.32 Å². The Morgan fingerprint density at radius 2 is 1.84 bits per heavy atom. The summed E-state index contributed by atoms with van der Waals surface area (Å²) in [7, 11) is 0. The van der Waals surface area contributed by atoms with Crippen LogP contribution in [0.2, 0.25) is 0 Å². The number of amides is 3. The minimum atomic E-state index is -0.765. The van der Waals surface area contributed by atoms with Gasteiger partial charge in [-0.25, -0.2) is 14.2 Å². The number of nitrogens with one attached hydrogen (secondary N) is 2. The molecule has 2 aromatic carbocycles. The summed E-state index contributed by atoms with van der Waals surface area (Å²) in [4.78, 5) is 28.9. The molecule has 0 fully saturated rings. The van der Waals surface area contributed by atoms with E-state index in [9.17, 15) is 14.0 Å². The largest absolute Gasteiger partial charge is 0.352 e. The molecule has 0 aliphatic heterocycles. The number of rotatable bonds is 9. The maximum Gasteiger partial charge on any atom is 0.312 e. The van der Waals surface area contributed by atoms with E-state index >= 15 is 0 Å². The lowest BCUT2D eigenvalue weighted by Gasteiger charge is -2.18. The zero-order chi connectivity index (χ0) is 22.2. The first kappa shape index (κ1) is 22.0. The number of nitrogens with two attached hydrogens (primary N) is 1. The molecule has 3 amide bonds. The van der Waals surface area contributed by atoms with Gasteiger partial charge in [-0.05, 0) is 36.2 Å². The zero-order valence-corrected chi connectivity index (χ0v) is 17.3. The molecule has 0 spiro atoms. The van der Waals surface area contributed by atoms with Crippen molar-refractivity contribution in [2.45, 2.75) is 38.8 Å². The lowest BCUT2D eigenvalue weighted by atomic mass is 10.1. The number of urea groups is 1. The summed E-state index contributed by atoms with van der Waals surface area (Å²) in [5.41, 5.74) is 7.46. The normalized spacial score (nSPS) is 11.7. The van der Waals surface area contributed by atoms with Crippen LogP contribution in [-0.2, 0) is 11.3 Å². The number of imidazole rings is 1. The second-order valence-corrected chi connectivity index (χ2v) is 7.25. The highest BCUT2D eigenvalue weighted by atomic mass is 19.1. The Kier molecular flexibility index (Phi) is 7.37. The molecule has 0 saturated heterocycles. The molecule has 0 aliphatic carbocycles. The van der Waals surface area contributed by atoms with Crippen LogP contribution in [0.3, 0.4) is 0 Å². The number of hydrogen-bond acceptors (Lipinski definition) is 3. The standard InChI is InChI=1S/C23H26FN5O2/c1-2-3-9-19(27-23(25)31)22(30)28-21-20(17-10-12-18(24)13-11-17)26-15-29(21)14-16-7-5-4-6-8-16/h4-8,10-13,15,19H,2-3,9,14H2,1H3,(H,28,30)(H3,25,27,31). The summed E-state index contributed by atoms with van der Waals surface area (Å²) in [5, 5.41) is 5.41. The van der Waals surface area contributed by atoms with E-state index in [1.807, 2.05) is 41.8 Å². The fourth-order valence-electron chi connectivity index (χ4n) is 3.28. The van der Waals surface area contributed by atoms with Crippen molar-refractivity contribution >= 4 is 17.8 Å². The van der Waals surface area contributed by atoms with E-state index in [0.717, 1.165) is 18.4 Å². The number of anilines is 1. The van der Waals surface area contributed by atoms with Crippen molar-refractivity contribution in [1.29, 1.82) is 0 Å². The lowest BCUT2D eigenvalue weighted by Crippen LogP contribution is -2.46. The maximum absolute atomic E-state index is 13.4. The number of primary amides is 1. The van der Waals surface area contributed by atoms with Crippen LogP contribution in [0.1, 0.15) is 31.7 Å². The Labute approximate surface area is 180 Å². The molecule has 8 heteroatoms. The van der Waals surface area contributed by atoms with Gasteiger partial charge in [-0.15, -0.1) is 0 Å². The SMILES string of the molecule is CCCCC(NC(N)=O)C(=O)Nc1c(-c2ccc(F)cc2)ncn1Cc1ccccc1.